The molecule has 0 radical (unpaired) electrons. The minimum Gasteiger partial charge on any atom is -0.497 e. The number of methoxy groups -OCH3 is 1. The minimum atomic E-state index is 0.494. The maximum Gasteiger partial charge on any atom is 0.187 e. The van der Waals surface area contributed by atoms with Crippen molar-refractivity contribution in [1.82, 2.24) is 10.7 Å². The third-order valence-electron chi connectivity index (χ3n) is 3.86. The highest BCUT2D eigenvalue weighted by atomic mass is 32.1. The van der Waals surface area contributed by atoms with Gasteiger partial charge < -0.3 is 10.1 Å². The molecule has 0 saturated heterocycles. The van der Waals surface area contributed by atoms with E-state index in [-0.39, 0.29) is 0 Å². The van der Waals surface area contributed by atoms with Crippen LogP contribution in [0.3, 0.4) is 0 Å². The van der Waals surface area contributed by atoms with E-state index in [4.69, 9.17) is 17.0 Å². The normalized spacial score (nSPS) is 11.1. The van der Waals surface area contributed by atoms with E-state index in [0.29, 0.717) is 11.7 Å². The summed E-state index contributed by atoms with van der Waals surface area (Å²) in [6.45, 7) is 6.79. The van der Waals surface area contributed by atoms with E-state index in [2.05, 4.69) is 47.9 Å². The van der Waals surface area contributed by atoms with Crippen LogP contribution in [0.4, 0.5) is 0 Å². The Morgan fingerprint density at radius 3 is 2.42 bits per heavy atom. The summed E-state index contributed by atoms with van der Waals surface area (Å²) in [6, 6.07) is 14.1. The first kappa shape index (κ1) is 17.9. The van der Waals surface area contributed by atoms with Gasteiger partial charge in [0.2, 0.25) is 0 Å². The number of rotatable bonds is 5. The Kier molecular flexibility index (Phi) is 6.32. The predicted octanol–water partition coefficient (Wildman–Crippen LogP) is 3.70. The van der Waals surface area contributed by atoms with E-state index in [9.17, 15) is 0 Å². The molecule has 24 heavy (non-hydrogen) atoms. The van der Waals surface area contributed by atoms with Gasteiger partial charge in [-0.05, 0) is 73.4 Å². The van der Waals surface area contributed by atoms with E-state index in [1.54, 1.807) is 7.11 Å². The summed E-state index contributed by atoms with van der Waals surface area (Å²) in [5.41, 5.74) is 8.52. The largest absolute Gasteiger partial charge is 0.497 e. The molecule has 2 rings (SSSR count). The molecule has 0 aliphatic carbocycles. The third-order valence-corrected chi connectivity index (χ3v) is 4.10. The second-order valence-electron chi connectivity index (χ2n) is 5.64. The molecule has 0 heterocycles. The summed E-state index contributed by atoms with van der Waals surface area (Å²) < 4.78 is 5.14. The van der Waals surface area contributed by atoms with Gasteiger partial charge in [0.15, 0.2) is 5.11 Å². The number of ether oxygens (including phenoxy) is 1. The van der Waals surface area contributed by atoms with Crippen molar-refractivity contribution >= 4 is 23.0 Å². The quantitative estimate of drug-likeness (QED) is 0.494. The van der Waals surface area contributed by atoms with Crippen LogP contribution in [0.25, 0.3) is 0 Å². The van der Waals surface area contributed by atoms with Gasteiger partial charge in [-0.25, -0.2) is 0 Å². The summed E-state index contributed by atoms with van der Waals surface area (Å²) >= 11 is 5.26. The number of benzene rings is 2. The van der Waals surface area contributed by atoms with Crippen molar-refractivity contribution in [3.05, 3.63) is 64.7 Å². The molecule has 2 N–H and O–H groups in total. The SMILES string of the molecule is COc1ccc(CNC(=S)N/N=C(/C)c2ccc(C)c(C)c2)cc1. The highest BCUT2D eigenvalue weighted by Gasteiger charge is 2.01. The summed E-state index contributed by atoms with van der Waals surface area (Å²) in [5.74, 6) is 0.841. The Morgan fingerprint density at radius 1 is 1.08 bits per heavy atom. The van der Waals surface area contributed by atoms with E-state index in [1.165, 1.54) is 11.1 Å². The van der Waals surface area contributed by atoms with E-state index >= 15 is 0 Å². The maximum absolute atomic E-state index is 5.26. The molecule has 0 atom stereocenters. The Balaban J connectivity index is 1.87. The highest BCUT2D eigenvalue weighted by Crippen LogP contribution is 2.11. The molecule has 0 aliphatic heterocycles. The number of hydrazone groups is 1. The molecule has 0 saturated carbocycles. The third kappa shape index (κ3) is 5.06. The van der Waals surface area contributed by atoms with Gasteiger partial charge in [-0.15, -0.1) is 0 Å². The zero-order valence-electron chi connectivity index (χ0n) is 14.5. The fourth-order valence-electron chi connectivity index (χ4n) is 2.13. The summed E-state index contributed by atoms with van der Waals surface area (Å²) in [4.78, 5) is 0. The van der Waals surface area contributed by atoms with Crippen LogP contribution in [0.1, 0.15) is 29.2 Å². The number of thiocarbonyl (C=S) groups is 1. The standard InChI is InChI=1S/C19H23N3OS/c1-13-5-8-17(11-14(13)2)15(3)21-22-19(24)20-12-16-6-9-18(23-4)10-7-16/h5-11H,12H2,1-4H3,(H2,20,22,24)/b21-15-. The predicted molar refractivity (Wildman–Crippen MR) is 104 cm³/mol. The first-order valence-corrected chi connectivity index (χ1v) is 8.19. The lowest BCUT2D eigenvalue weighted by Crippen LogP contribution is -2.32. The van der Waals surface area contributed by atoms with Crippen molar-refractivity contribution in [1.29, 1.82) is 0 Å². The van der Waals surface area contributed by atoms with Crippen LogP contribution >= 0.6 is 12.2 Å². The van der Waals surface area contributed by atoms with Crippen LogP contribution in [0, 0.1) is 13.8 Å². The average molecular weight is 341 g/mol. The van der Waals surface area contributed by atoms with Crippen molar-refractivity contribution in [2.75, 3.05) is 7.11 Å². The molecular weight excluding hydrogens is 318 g/mol. The molecule has 2 aromatic rings. The van der Waals surface area contributed by atoms with Crippen molar-refractivity contribution in [2.24, 2.45) is 5.10 Å². The van der Waals surface area contributed by atoms with E-state index < -0.39 is 0 Å². The van der Waals surface area contributed by atoms with Crippen molar-refractivity contribution < 1.29 is 4.74 Å². The number of nitrogens with zero attached hydrogens (tertiary/aromatic N) is 1. The lowest BCUT2D eigenvalue weighted by molar-refractivity contribution is 0.414. The van der Waals surface area contributed by atoms with E-state index in [1.807, 2.05) is 31.2 Å². The molecule has 0 spiro atoms. The monoisotopic (exact) mass is 341 g/mol. The molecule has 0 fully saturated rings. The number of hydrogen-bond donors (Lipinski definition) is 2. The van der Waals surface area contributed by atoms with Gasteiger partial charge in [-0.2, -0.15) is 5.10 Å². The highest BCUT2D eigenvalue weighted by molar-refractivity contribution is 7.80. The first-order valence-electron chi connectivity index (χ1n) is 7.78. The van der Waals surface area contributed by atoms with Gasteiger partial charge in [-0.3, -0.25) is 5.43 Å². The van der Waals surface area contributed by atoms with Crippen molar-refractivity contribution in [3.8, 4) is 5.75 Å². The zero-order chi connectivity index (χ0) is 17.5. The Labute approximate surface area is 148 Å². The summed E-state index contributed by atoms with van der Waals surface area (Å²) in [6.07, 6.45) is 0. The molecule has 126 valence electrons. The second kappa shape index (κ2) is 8.45. The Morgan fingerprint density at radius 2 is 1.79 bits per heavy atom. The first-order chi connectivity index (χ1) is 11.5. The van der Waals surface area contributed by atoms with Crippen LogP contribution in [0.2, 0.25) is 0 Å². The molecule has 0 aromatic heterocycles. The van der Waals surface area contributed by atoms with Crippen LogP contribution in [-0.4, -0.2) is 17.9 Å². The Bertz CT molecular complexity index is 739. The topological polar surface area (TPSA) is 45.6 Å². The molecule has 4 nitrogen and oxygen atoms in total. The second-order valence-corrected chi connectivity index (χ2v) is 6.05. The maximum atomic E-state index is 5.26. The average Bonchev–Trinajstić information content (AvgIpc) is 2.60. The molecule has 0 bridgehead atoms. The van der Waals surface area contributed by atoms with Crippen LogP contribution in [-0.2, 0) is 6.54 Å². The lowest BCUT2D eigenvalue weighted by atomic mass is 10.0. The lowest BCUT2D eigenvalue weighted by Gasteiger charge is -2.09. The van der Waals surface area contributed by atoms with Gasteiger partial charge in [0.1, 0.15) is 5.75 Å². The fraction of sp³-hybridized carbons (Fsp3) is 0.263. The molecule has 5 heteroatoms. The van der Waals surface area contributed by atoms with Crippen molar-refractivity contribution in [3.63, 3.8) is 0 Å². The minimum absolute atomic E-state index is 0.494. The molecule has 0 unspecified atom stereocenters. The van der Waals surface area contributed by atoms with Gasteiger partial charge >= 0.3 is 0 Å². The number of hydrogen-bond acceptors (Lipinski definition) is 3. The summed E-state index contributed by atoms with van der Waals surface area (Å²) in [7, 11) is 1.65. The van der Waals surface area contributed by atoms with Gasteiger partial charge in [0.05, 0.1) is 12.8 Å². The van der Waals surface area contributed by atoms with E-state index in [0.717, 1.165) is 22.6 Å². The van der Waals surface area contributed by atoms with Gasteiger partial charge in [-0.1, -0.05) is 24.3 Å². The summed E-state index contributed by atoms with van der Waals surface area (Å²) in [5, 5.41) is 7.98. The van der Waals surface area contributed by atoms with Crippen LogP contribution in [0.15, 0.2) is 47.6 Å². The fourth-order valence-corrected chi connectivity index (χ4v) is 2.25. The number of nitrogens with one attached hydrogen (secondary N) is 2. The van der Waals surface area contributed by atoms with Gasteiger partial charge in [0, 0.05) is 6.54 Å². The Hall–Kier alpha value is -2.40. The number of aryl methyl sites for hydroxylation is 2. The zero-order valence-corrected chi connectivity index (χ0v) is 15.3. The molecule has 0 amide bonds. The van der Waals surface area contributed by atoms with Crippen LogP contribution < -0.4 is 15.5 Å². The molecular formula is C19H23N3OS. The smallest absolute Gasteiger partial charge is 0.187 e. The molecule has 0 aliphatic rings. The van der Waals surface area contributed by atoms with Crippen molar-refractivity contribution in [2.45, 2.75) is 27.3 Å². The van der Waals surface area contributed by atoms with Crippen LogP contribution in [0.5, 0.6) is 5.75 Å². The van der Waals surface area contributed by atoms with Gasteiger partial charge in [0.25, 0.3) is 0 Å². The molecule has 2 aromatic carbocycles.